The van der Waals surface area contributed by atoms with Crippen molar-refractivity contribution in [3.63, 3.8) is 0 Å². The predicted molar refractivity (Wildman–Crippen MR) is 207 cm³/mol. The van der Waals surface area contributed by atoms with E-state index in [0.717, 1.165) is 49.7 Å². The van der Waals surface area contributed by atoms with Crippen LogP contribution in [-0.4, -0.2) is 80.9 Å². The molecule has 7 rings (SSSR count). The number of aliphatic hydroxyl groups is 1. The maximum absolute atomic E-state index is 14.1. The molecule has 1 aliphatic carbocycles. The first-order valence-corrected chi connectivity index (χ1v) is 19.9. The second-order valence-corrected chi connectivity index (χ2v) is 17.2. The van der Waals surface area contributed by atoms with E-state index < -0.39 is 29.6 Å². The second-order valence-electron chi connectivity index (χ2n) is 16.2. The van der Waals surface area contributed by atoms with Crippen molar-refractivity contribution in [1.29, 1.82) is 0 Å². The molecular weight excluding hydrogens is 705 g/mol. The molecular formula is C41H52N6O6S. The molecule has 0 radical (unpaired) electrons. The van der Waals surface area contributed by atoms with Crippen LogP contribution in [0.15, 0.2) is 41.9 Å². The van der Waals surface area contributed by atoms with Gasteiger partial charge in [0, 0.05) is 71.6 Å². The molecule has 54 heavy (non-hydrogen) atoms. The highest BCUT2D eigenvalue weighted by Gasteiger charge is 2.49. The summed E-state index contributed by atoms with van der Waals surface area (Å²) in [6, 6.07) is 8.67. The fraction of sp³-hybridized carbons (Fsp3) is 0.537. The third-order valence-electron chi connectivity index (χ3n) is 11.4. The number of aromatic nitrogens is 3. The summed E-state index contributed by atoms with van der Waals surface area (Å²) in [5.41, 5.74) is 8.92. The summed E-state index contributed by atoms with van der Waals surface area (Å²) >= 11 is 1.46. The molecule has 0 spiro atoms. The fourth-order valence-corrected chi connectivity index (χ4v) is 8.95. The Bertz CT molecular complexity index is 2050. The van der Waals surface area contributed by atoms with Crippen molar-refractivity contribution >= 4 is 40.0 Å². The maximum Gasteiger partial charge on any atom is 0.324 e. The smallest absolute Gasteiger partial charge is 0.324 e. The Kier molecular flexibility index (Phi) is 10.7. The van der Waals surface area contributed by atoms with Crippen molar-refractivity contribution in [2.45, 2.75) is 98.1 Å². The van der Waals surface area contributed by atoms with E-state index in [1.54, 1.807) is 20.2 Å². The van der Waals surface area contributed by atoms with Gasteiger partial charge in [-0.1, -0.05) is 33.8 Å². The van der Waals surface area contributed by atoms with Crippen molar-refractivity contribution in [3.05, 3.63) is 58.2 Å². The van der Waals surface area contributed by atoms with E-state index in [4.69, 9.17) is 19.4 Å². The lowest BCUT2D eigenvalue weighted by Gasteiger charge is -2.35. The normalized spacial score (nSPS) is 25.5. The van der Waals surface area contributed by atoms with Gasteiger partial charge in [0.05, 0.1) is 40.9 Å². The van der Waals surface area contributed by atoms with Gasteiger partial charge in [0.2, 0.25) is 5.91 Å². The molecule has 6 bridgehead atoms. The molecule has 3 aromatic heterocycles. The van der Waals surface area contributed by atoms with Gasteiger partial charge >= 0.3 is 5.97 Å². The van der Waals surface area contributed by atoms with Gasteiger partial charge in [-0.15, -0.1) is 11.3 Å². The zero-order chi connectivity index (χ0) is 38.5. The zero-order valence-corrected chi connectivity index (χ0v) is 33.0. The first-order chi connectivity index (χ1) is 25.8. The molecule has 288 valence electrons. The lowest BCUT2D eigenvalue weighted by atomic mass is 9.84. The summed E-state index contributed by atoms with van der Waals surface area (Å²) in [6.45, 7) is 12.9. The Morgan fingerprint density at radius 2 is 1.98 bits per heavy atom. The minimum Gasteiger partial charge on any atom is -0.464 e. The molecule has 1 aromatic carbocycles. The average Bonchev–Trinajstić information content (AvgIpc) is 3.42. The topological polar surface area (TPSA) is 148 Å². The van der Waals surface area contributed by atoms with Crippen LogP contribution in [0, 0.1) is 23.2 Å². The first kappa shape index (κ1) is 38.1. The molecule has 1 unspecified atom stereocenters. The number of rotatable bonds is 7. The monoisotopic (exact) mass is 756 g/mol. The van der Waals surface area contributed by atoms with Crippen LogP contribution in [0.2, 0.25) is 0 Å². The number of fused-ring (bicyclic) bond motifs is 6. The minimum absolute atomic E-state index is 0.130. The number of carbonyl (C=O) groups excluding carboxylic acids is 3. The number of carbonyl (C=O) groups is 3. The summed E-state index contributed by atoms with van der Waals surface area (Å²) in [5.74, 6) is -0.469. The third kappa shape index (κ3) is 7.56. The van der Waals surface area contributed by atoms with Gasteiger partial charge in [0.25, 0.3) is 5.91 Å². The Balaban J connectivity index is 1.37. The molecule has 13 heteroatoms. The number of nitrogens with one attached hydrogen (secondary N) is 2. The van der Waals surface area contributed by atoms with Gasteiger partial charge in [-0.2, -0.15) is 0 Å². The summed E-state index contributed by atoms with van der Waals surface area (Å²) in [7, 11) is 1.67. The van der Waals surface area contributed by atoms with Crippen molar-refractivity contribution in [1.82, 2.24) is 30.3 Å². The molecule has 5 heterocycles. The van der Waals surface area contributed by atoms with Crippen LogP contribution in [0.4, 0.5) is 0 Å². The number of cyclic esters (lactones) is 1. The Morgan fingerprint density at radius 1 is 1.20 bits per heavy atom. The molecule has 1 saturated heterocycles. The zero-order valence-electron chi connectivity index (χ0n) is 32.2. The summed E-state index contributed by atoms with van der Waals surface area (Å²) in [6.07, 6.45) is 2.74. The molecule has 1 saturated carbocycles. The fourth-order valence-electron chi connectivity index (χ4n) is 8.10. The average molecular weight is 757 g/mol. The van der Waals surface area contributed by atoms with Crippen molar-refractivity contribution < 1.29 is 29.0 Å². The van der Waals surface area contributed by atoms with Crippen molar-refractivity contribution in [2.75, 3.05) is 20.3 Å². The number of hydrogen-bond acceptors (Lipinski definition) is 10. The largest absolute Gasteiger partial charge is 0.464 e. The van der Waals surface area contributed by atoms with Crippen LogP contribution in [0.25, 0.3) is 33.4 Å². The van der Waals surface area contributed by atoms with Crippen LogP contribution in [0.5, 0.6) is 0 Å². The van der Waals surface area contributed by atoms with Gasteiger partial charge in [-0.25, -0.2) is 10.4 Å². The number of benzene rings is 1. The SMILES string of the molecule is CO[C@@H](C)c1ncccc1-c1c2c3cc(ccc3n1C[C@@H](C)O)-c1csc(n1)C[C@H](NC(=O)C1[C@@H](C)[C@H]1C)C(=O)N1CCC[C@H](N1)C(=O)OCC(C)(C)C2. The molecule has 12 nitrogen and oxygen atoms in total. The number of esters is 1. The number of amides is 2. The number of hydrazine groups is 1. The molecule has 7 atom stereocenters. The number of methoxy groups -OCH3 is 1. The van der Waals surface area contributed by atoms with Gasteiger partial charge in [0.1, 0.15) is 12.1 Å². The van der Waals surface area contributed by atoms with Crippen LogP contribution >= 0.6 is 11.3 Å². The molecule has 2 fully saturated rings. The predicted octanol–water partition coefficient (Wildman–Crippen LogP) is 5.47. The number of hydrogen-bond donors (Lipinski definition) is 3. The lowest BCUT2D eigenvalue weighted by Crippen LogP contribution is -2.60. The van der Waals surface area contributed by atoms with Gasteiger partial charge < -0.3 is 24.5 Å². The number of thiazole rings is 1. The van der Waals surface area contributed by atoms with Crippen LogP contribution < -0.4 is 10.7 Å². The molecule has 3 aliphatic rings. The van der Waals surface area contributed by atoms with E-state index in [9.17, 15) is 19.5 Å². The van der Waals surface area contributed by atoms with Crippen LogP contribution in [0.3, 0.4) is 0 Å². The van der Waals surface area contributed by atoms with Gasteiger partial charge in [-0.05, 0) is 74.8 Å². The van der Waals surface area contributed by atoms with E-state index in [1.807, 2.05) is 24.4 Å². The van der Waals surface area contributed by atoms with Crippen molar-refractivity contribution in [3.8, 4) is 22.5 Å². The summed E-state index contributed by atoms with van der Waals surface area (Å²) < 4.78 is 14.0. The highest BCUT2D eigenvalue weighted by Crippen LogP contribution is 2.46. The van der Waals surface area contributed by atoms with Gasteiger partial charge in [-0.3, -0.25) is 24.4 Å². The first-order valence-electron chi connectivity index (χ1n) is 19.1. The standard InChI is InChI=1S/C41H52N6O6S/c1-22(48)19-46-33-13-12-26-16-28(33)29(37(46)27-10-8-14-42-36(27)25(4)52-7)18-41(5,6)21-53-40(51)30-11-9-15-47(45-30)39(50)31(17-34-43-32(26)20-54-34)44-38(49)35-23(2)24(35)3/h8,10,12-14,16,20,22-25,30-31,35,45,48H,9,11,15,17-19,21H2,1-7H3,(H,44,49)/t22-,23-,24+,25+,30+,31+,35?/m1/s1. The Hall–Kier alpha value is -4.17. The van der Waals surface area contributed by atoms with E-state index >= 15 is 0 Å². The quantitative estimate of drug-likeness (QED) is 0.209. The molecule has 4 aromatic rings. The maximum atomic E-state index is 14.1. The van der Waals surface area contributed by atoms with E-state index in [0.29, 0.717) is 32.4 Å². The lowest BCUT2D eigenvalue weighted by molar-refractivity contribution is -0.155. The van der Waals surface area contributed by atoms with Crippen LogP contribution in [0.1, 0.15) is 76.8 Å². The number of pyridine rings is 1. The minimum atomic E-state index is -0.856. The van der Waals surface area contributed by atoms with Crippen molar-refractivity contribution in [2.24, 2.45) is 23.2 Å². The summed E-state index contributed by atoms with van der Waals surface area (Å²) in [5, 5.41) is 19.1. The Labute approximate surface area is 320 Å². The second kappa shape index (κ2) is 15.2. The van der Waals surface area contributed by atoms with Crippen LogP contribution in [-0.2, 0) is 43.2 Å². The third-order valence-corrected chi connectivity index (χ3v) is 12.3. The number of ether oxygens (including phenoxy) is 2. The highest BCUT2D eigenvalue weighted by atomic mass is 32.1. The molecule has 2 amide bonds. The van der Waals surface area contributed by atoms with E-state index in [1.165, 1.54) is 16.3 Å². The highest BCUT2D eigenvalue weighted by molar-refractivity contribution is 7.10. The summed E-state index contributed by atoms with van der Waals surface area (Å²) in [4.78, 5) is 50.9. The number of aliphatic hydroxyl groups excluding tert-OH is 1. The Morgan fingerprint density at radius 3 is 2.70 bits per heavy atom. The van der Waals surface area contributed by atoms with E-state index in [-0.39, 0.29) is 48.7 Å². The van der Waals surface area contributed by atoms with E-state index in [2.05, 4.69) is 61.2 Å². The molecule has 3 N–H and O–H groups in total. The molecule has 2 aliphatic heterocycles. The van der Waals surface area contributed by atoms with Gasteiger partial charge in [0.15, 0.2) is 0 Å². The number of nitrogens with zero attached hydrogens (tertiary/aromatic N) is 4.